The Hall–Kier alpha value is -1.84. The number of Topliss-reactive ketones (excluding diaryl/α,β-unsaturated/α-hetero) is 1. The lowest BCUT2D eigenvalue weighted by molar-refractivity contribution is -0.135. The fraction of sp³-hybridized carbons (Fsp3) is 0.529. The van der Waals surface area contributed by atoms with Crippen molar-refractivity contribution < 1.29 is 14.7 Å². The summed E-state index contributed by atoms with van der Waals surface area (Å²) in [6, 6.07) is 7.00. The summed E-state index contributed by atoms with van der Waals surface area (Å²) in [6.07, 6.45) is 7.12. The molecule has 0 aromatic heterocycles. The Labute approximate surface area is 126 Å². The van der Waals surface area contributed by atoms with Crippen molar-refractivity contribution in [3.63, 3.8) is 0 Å². The first kappa shape index (κ1) is 17.2. The molecule has 0 unspecified atom stereocenters. The monoisotopic (exact) mass is 291 g/mol. The van der Waals surface area contributed by atoms with E-state index in [0.717, 1.165) is 18.7 Å². The number of anilines is 1. The zero-order chi connectivity index (χ0) is 15.5. The zero-order valence-corrected chi connectivity index (χ0v) is 12.7. The third-order valence-electron chi connectivity index (χ3n) is 3.38. The number of carbonyl (C=O) groups is 2. The van der Waals surface area contributed by atoms with Crippen molar-refractivity contribution in [2.45, 2.75) is 51.9 Å². The van der Waals surface area contributed by atoms with Gasteiger partial charge in [-0.3, -0.25) is 9.59 Å². The number of benzene rings is 1. The largest absolute Gasteiger partial charge is 0.481 e. The van der Waals surface area contributed by atoms with Gasteiger partial charge in [0.15, 0.2) is 5.78 Å². The number of hydrogen-bond donors (Lipinski definition) is 2. The van der Waals surface area contributed by atoms with Crippen molar-refractivity contribution in [3.8, 4) is 0 Å². The Balaban J connectivity index is 2.25. The zero-order valence-electron chi connectivity index (χ0n) is 12.7. The van der Waals surface area contributed by atoms with Crippen LogP contribution in [0.1, 0.15) is 62.2 Å². The lowest BCUT2D eigenvalue weighted by Crippen LogP contribution is -2.07. The van der Waals surface area contributed by atoms with Crippen LogP contribution >= 0.6 is 0 Å². The normalized spacial score (nSPS) is 10.3. The highest BCUT2D eigenvalue weighted by Crippen LogP contribution is 2.12. The number of carboxylic acid groups (broad SMARTS) is 1. The Morgan fingerprint density at radius 1 is 1.00 bits per heavy atom. The number of ketones is 1. The van der Waals surface area contributed by atoms with Crippen LogP contribution in [0.5, 0.6) is 0 Å². The van der Waals surface area contributed by atoms with Crippen molar-refractivity contribution in [3.05, 3.63) is 29.8 Å². The van der Waals surface area contributed by atoms with Crippen molar-refractivity contribution in [2.24, 2.45) is 0 Å². The third kappa shape index (κ3) is 7.49. The van der Waals surface area contributed by atoms with Gasteiger partial charge in [0, 0.05) is 17.8 Å². The van der Waals surface area contributed by atoms with E-state index in [2.05, 4.69) is 12.2 Å². The van der Waals surface area contributed by atoms with E-state index in [4.69, 9.17) is 5.11 Å². The maximum Gasteiger partial charge on any atom is 0.311 e. The first-order valence-corrected chi connectivity index (χ1v) is 7.72. The van der Waals surface area contributed by atoms with Gasteiger partial charge in [0.05, 0.1) is 0 Å². The molecule has 4 nitrogen and oxygen atoms in total. The highest BCUT2D eigenvalue weighted by Gasteiger charge is 2.09. The number of carbonyl (C=O) groups excluding carboxylic acids is 1. The minimum atomic E-state index is -1.09. The predicted octanol–water partition coefficient (Wildman–Crippen LogP) is 4.12. The van der Waals surface area contributed by atoms with Gasteiger partial charge in [-0.2, -0.15) is 0 Å². The number of carboxylic acids is 1. The smallest absolute Gasteiger partial charge is 0.311 e. The van der Waals surface area contributed by atoms with Crippen LogP contribution in [0, 0.1) is 0 Å². The minimum Gasteiger partial charge on any atom is -0.481 e. The second-order valence-corrected chi connectivity index (χ2v) is 5.27. The maximum atomic E-state index is 11.6. The molecule has 0 saturated heterocycles. The van der Waals surface area contributed by atoms with E-state index >= 15 is 0 Å². The van der Waals surface area contributed by atoms with Gasteiger partial charge in [-0.15, -0.1) is 0 Å². The van der Waals surface area contributed by atoms with E-state index in [0.29, 0.717) is 5.56 Å². The topological polar surface area (TPSA) is 66.4 Å². The first-order chi connectivity index (χ1) is 10.1. The molecule has 0 aliphatic rings. The lowest BCUT2D eigenvalue weighted by Gasteiger charge is -2.07. The minimum absolute atomic E-state index is 0.357. The molecular formula is C17H25NO3. The summed E-state index contributed by atoms with van der Waals surface area (Å²) in [5.41, 5.74) is 1.41. The number of nitrogens with one attached hydrogen (secondary N) is 1. The third-order valence-corrected chi connectivity index (χ3v) is 3.38. The molecule has 1 aromatic carbocycles. The standard InChI is InChI=1S/C17H25NO3/c1-2-3-4-5-6-7-12-18-15-10-8-14(9-11-15)16(19)13-17(20)21/h8-11,18H,2-7,12-13H2,1H3,(H,20,21). The summed E-state index contributed by atoms with van der Waals surface area (Å²) >= 11 is 0. The fourth-order valence-corrected chi connectivity index (χ4v) is 2.15. The van der Waals surface area contributed by atoms with E-state index in [9.17, 15) is 9.59 Å². The van der Waals surface area contributed by atoms with Crippen LogP contribution in [-0.4, -0.2) is 23.4 Å². The van der Waals surface area contributed by atoms with Crippen LogP contribution in [0.3, 0.4) is 0 Å². The van der Waals surface area contributed by atoms with Crippen LogP contribution in [-0.2, 0) is 4.79 Å². The molecule has 0 aliphatic heterocycles. The highest BCUT2D eigenvalue weighted by molar-refractivity contribution is 6.05. The van der Waals surface area contributed by atoms with Gasteiger partial charge in [-0.1, -0.05) is 39.0 Å². The summed E-state index contributed by atoms with van der Waals surface area (Å²) < 4.78 is 0. The molecule has 0 fully saturated rings. The Morgan fingerprint density at radius 3 is 2.24 bits per heavy atom. The van der Waals surface area contributed by atoms with Crippen LogP contribution in [0.25, 0.3) is 0 Å². The number of rotatable bonds is 11. The van der Waals surface area contributed by atoms with Gasteiger partial charge in [0.1, 0.15) is 6.42 Å². The molecule has 0 saturated carbocycles. The lowest BCUT2D eigenvalue weighted by atomic mass is 10.1. The summed E-state index contributed by atoms with van der Waals surface area (Å²) in [6.45, 7) is 3.14. The molecule has 0 radical (unpaired) electrons. The Morgan fingerprint density at radius 2 is 1.62 bits per heavy atom. The number of aliphatic carboxylic acids is 1. The predicted molar refractivity (Wildman–Crippen MR) is 84.9 cm³/mol. The summed E-state index contributed by atoms with van der Waals surface area (Å²) in [5, 5.41) is 11.9. The highest BCUT2D eigenvalue weighted by atomic mass is 16.4. The average molecular weight is 291 g/mol. The molecule has 0 spiro atoms. The molecule has 0 aliphatic carbocycles. The summed E-state index contributed by atoms with van der Waals surface area (Å²) in [5.74, 6) is -1.45. The molecule has 1 aromatic rings. The van der Waals surface area contributed by atoms with E-state index in [1.54, 1.807) is 12.1 Å². The van der Waals surface area contributed by atoms with E-state index in [1.165, 1.54) is 32.1 Å². The van der Waals surface area contributed by atoms with Gasteiger partial charge in [0.2, 0.25) is 0 Å². The molecule has 0 heterocycles. The molecule has 0 bridgehead atoms. The van der Waals surface area contributed by atoms with E-state index in [1.807, 2.05) is 12.1 Å². The van der Waals surface area contributed by atoms with Gasteiger partial charge >= 0.3 is 5.97 Å². The summed E-state index contributed by atoms with van der Waals surface area (Å²) in [7, 11) is 0. The second kappa shape index (κ2) is 9.97. The number of unbranched alkanes of at least 4 members (excludes halogenated alkanes) is 5. The quantitative estimate of drug-likeness (QED) is 0.366. The molecule has 4 heteroatoms. The molecular weight excluding hydrogens is 266 g/mol. The summed E-state index contributed by atoms with van der Waals surface area (Å²) in [4.78, 5) is 22.0. The van der Waals surface area contributed by atoms with Crippen molar-refractivity contribution >= 4 is 17.4 Å². The van der Waals surface area contributed by atoms with E-state index < -0.39 is 12.4 Å². The van der Waals surface area contributed by atoms with Crippen LogP contribution in [0.4, 0.5) is 5.69 Å². The van der Waals surface area contributed by atoms with Gasteiger partial charge < -0.3 is 10.4 Å². The SMILES string of the molecule is CCCCCCCCNc1ccc(C(=O)CC(=O)O)cc1. The Kier molecular flexibility index (Phi) is 8.17. The van der Waals surface area contributed by atoms with Gasteiger partial charge in [-0.05, 0) is 30.7 Å². The molecule has 0 atom stereocenters. The van der Waals surface area contributed by atoms with Crippen LogP contribution in [0.2, 0.25) is 0 Å². The van der Waals surface area contributed by atoms with Crippen molar-refractivity contribution in [1.29, 1.82) is 0 Å². The molecule has 1 rings (SSSR count). The van der Waals surface area contributed by atoms with Gasteiger partial charge in [0.25, 0.3) is 0 Å². The molecule has 0 amide bonds. The maximum absolute atomic E-state index is 11.6. The number of hydrogen-bond acceptors (Lipinski definition) is 3. The molecule has 116 valence electrons. The van der Waals surface area contributed by atoms with Crippen LogP contribution < -0.4 is 5.32 Å². The first-order valence-electron chi connectivity index (χ1n) is 7.72. The Bertz CT molecular complexity index is 440. The second-order valence-electron chi connectivity index (χ2n) is 5.27. The van der Waals surface area contributed by atoms with E-state index in [-0.39, 0.29) is 5.78 Å². The van der Waals surface area contributed by atoms with Crippen LogP contribution in [0.15, 0.2) is 24.3 Å². The van der Waals surface area contributed by atoms with Crippen molar-refractivity contribution in [2.75, 3.05) is 11.9 Å². The molecule has 2 N–H and O–H groups in total. The molecule has 21 heavy (non-hydrogen) atoms. The van der Waals surface area contributed by atoms with Gasteiger partial charge in [-0.25, -0.2) is 0 Å². The van der Waals surface area contributed by atoms with Crippen molar-refractivity contribution in [1.82, 2.24) is 0 Å². The average Bonchev–Trinajstić information content (AvgIpc) is 2.46. The fourth-order valence-electron chi connectivity index (χ4n) is 2.15.